The number of likely N-dealkylation sites (tertiary alicyclic amines) is 1. The summed E-state index contributed by atoms with van der Waals surface area (Å²) in [6.45, 7) is 5.13. The number of hydrogen-bond acceptors (Lipinski definition) is 5. The Kier molecular flexibility index (Phi) is 6.48. The molecule has 8 heteroatoms. The van der Waals surface area contributed by atoms with Crippen molar-refractivity contribution in [1.29, 1.82) is 0 Å². The molecule has 2 aliphatic heterocycles. The van der Waals surface area contributed by atoms with E-state index in [1.54, 1.807) is 39.9 Å². The fourth-order valence-electron chi connectivity index (χ4n) is 5.30. The molecule has 5 rings (SSSR count). The summed E-state index contributed by atoms with van der Waals surface area (Å²) < 4.78 is 29.3. The number of sulfonamides is 1. The van der Waals surface area contributed by atoms with E-state index in [1.165, 1.54) is 4.70 Å². The van der Waals surface area contributed by atoms with Crippen molar-refractivity contribution in [3.8, 4) is 0 Å². The third kappa shape index (κ3) is 4.39. The first-order valence-electron chi connectivity index (χ1n) is 12.1. The number of benzene rings is 2. The first kappa shape index (κ1) is 23.5. The SMILES string of the molecule is C[C@@H]1CCC[C@@H](C)N1C(=O)c1ccc(S(=O)(=O)N2CCC(c3nc4ccccc4s3)CC2)cc1. The van der Waals surface area contributed by atoms with E-state index in [4.69, 9.17) is 4.98 Å². The van der Waals surface area contributed by atoms with Crippen molar-refractivity contribution in [1.82, 2.24) is 14.2 Å². The number of fused-ring (bicyclic) bond motifs is 1. The fourth-order valence-corrected chi connectivity index (χ4v) is 7.90. The second-order valence-corrected chi connectivity index (χ2v) is 12.6. The highest BCUT2D eigenvalue weighted by molar-refractivity contribution is 7.89. The number of amides is 1. The predicted octanol–water partition coefficient (Wildman–Crippen LogP) is 5.27. The van der Waals surface area contributed by atoms with Gasteiger partial charge in [-0.2, -0.15) is 4.31 Å². The van der Waals surface area contributed by atoms with Crippen LogP contribution >= 0.6 is 11.3 Å². The van der Waals surface area contributed by atoms with Crippen LogP contribution < -0.4 is 0 Å². The topological polar surface area (TPSA) is 70.6 Å². The third-order valence-electron chi connectivity index (χ3n) is 7.28. The average molecular weight is 498 g/mol. The first-order chi connectivity index (χ1) is 16.3. The van der Waals surface area contributed by atoms with Crippen molar-refractivity contribution in [2.45, 2.75) is 68.8 Å². The van der Waals surface area contributed by atoms with Crippen molar-refractivity contribution in [3.05, 3.63) is 59.1 Å². The zero-order valence-electron chi connectivity index (χ0n) is 19.7. The minimum atomic E-state index is -3.59. The largest absolute Gasteiger partial charge is 0.333 e. The summed E-state index contributed by atoms with van der Waals surface area (Å²) >= 11 is 1.71. The molecule has 6 nitrogen and oxygen atoms in total. The van der Waals surface area contributed by atoms with E-state index < -0.39 is 10.0 Å². The molecule has 1 amide bonds. The lowest BCUT2D eigenvalue weighted by molar-refractivity contribution is 0.0510. The molecule has 34 heavy (non-hydrogen) atoms. The molecule has 2 aromatic carbocycles. The Morgan fingerprint density at radius 3 is 2.24 bits per heavy atom. The molecule has 2 saturated heterocycles. The van der Waals surface area contributed by atoms with Gasteiger partial charge in [-0.25, -0.2) is 13.4 Å². The third-order valence-corrected chi connectivity index (χ3v) is 10.4. The summed E-state index contributed by atoms with van der Waals surface area (Å²) in [7, 11) is -3.59. The van der Waals surface area contributed by atoms with Crippen LogP contribution in [0.1, 0.15) is 67.2 Å². The number of piperidine rings is 2. The molecule has 0 spiro atoms. The van der Waals surface area contributed by atoms with Crippen LogP contribution in [-0.2, 0) is 10.0 Å². The molecule has 2 fully saturated rings. The van der Waals surface area contributed by atoms with Crippen molar-refractivity contribution >= 4 is 37.5 Å². The Labute approximate surface area is 205 Å². The van der Waals surface area contributed by atoms with Gasteiger partial charge < -0.3 is 4.90 Å². The molecule has 0 radical (unpaired) electrons. The van der Waals surface area contributed by atoms with Crippen LogP contribution in [0, 0.1) is 0 Å². The number of hydrogen-bond donors (Lipinski definition) is 0. The van der Waals surface area contributed by atoms with Gasteiger partial charge in [0.1, 0.15) is 0 Å². The molecule has 0 aliphatic carbocycles. The van der Waals surface area contributed by atoms with Crippen LogP contribution in [0.15, 0.2) is 53.4 Å². The number of nitrogens with zero attached hydrogens (tertiary/aromatic N) is 3. The van der Waals surface area contributed by atoms with Crippen LogP contribution in [-0.4, -0.2) is 53.7 Å². The van der Waals surface area contributed by atoms with Gasteiger partial charge in [-0.05, 0) is 82.3 Å². The summed E-state index contributed by atoms with van der Waals surface area (Å²) in [5, 5.41) is 1.10. The monoisotopic (exact) mass is 497 g/mol. The van der Waals surface area contributed by atoms with Gasteiger partial charge >= 0.3 is 0 Å². The Morgan fingerprint density at radius 1 is 0.941 bits per heavy atom. The Bertz CT molecular complexity index is 1240. The Balaban J connectivity index is 1.26. The molecular weight excluding hydrogens is 466 g/mol. The van der Waals surface area contributed by atoms with Gasteiger partial charge in [-0.15, -0.1) is 11.3 Å². The molecule has 2 atom stereocenters. The highest BCUT2D eigenvalue weighted by atomic mass is 32.2. The number of aromatic nitrogens is 1. The number of rotatable bonds is 4. The smallest absolute Gasteiger partial charge is 0.254 e. The molecule has 0 saturated carbocycles. The van der Waals surface area contributed by atoms with E-state index in [-0.39, 0.29) is 28.8 Å². The van der Waals surface area contributed by atoms with Crippen LogP contribution in [0.4, 0.5) is 0 Å². The summed E-state index contributed by atoms with van der Waals surface area (Å²) in [6, 6.07) is 15.0. The maximum Gasteiger partial charge on any atom is 0.254 e. The zero-order valence-corrected chi connectivity index (χ0v) is 21.3. The minimum Gasteiger partial charge on any atom is -0.333 e. The summed E-state index contributed by atoms with van der Waals surface area (Å²) in [5.41, 5.74) is 1.56. The maximum atomic E-state index is 13.3. The second kappa shape index (κ2) is 9.40. The van der Waals surface area contributed by atoms with Gasteiger partial charge in [0, 0.05) is 36.7 Å². The standard InChI is InChI=1S/C26H31N3O3S2/c1-18-6-5-7-19(2)29(18)26(30)21-10-12-22(13-11-21)34(31,32)28-16-14-20(15-17-28)25-27-23-8-3-4-9-24(23)33-25/h3-4,8-13,18-20H,5-7,14-17H2,1-2H3/t18-,19-/m1/s1. The van der Waals surface area contributed by atoms with Crippen molar-refractivity contribution in [3.63, 3.8) is 0 Å². The van der Waals surface area contributed by atoms with Crippen molar-refractivity contribution < 1.29 is 13.2 Å². The highest BCUT2D eigenvalue weighted by Crippen LogP contribution is 2.35. The Hall–Kier alpha value is -2.29. The molecule has 0 bridgehead atoms. The molecule has 3 heterocycles. The zero-order chi connectivity index (χ0) is 23.9. The van der Waals surface area contributed by atoms with E-state index in [1.807, 2.05) is 23.1 Å². The minimum absolute atomic E-state index is 0.0136. The first-order valence-corrected chi connectivity index (χ1v) is 14.4. The molecule has 1 aromatic heterocycles. The van der Waals surface area contributed by atoms with E-state index in [9.17, 15) is 13.2 Å². The number of para-hydroxylation sites is 1. The van der Waals surface area contributed by atoms with Gasteiger partial charge in [0.2, 0.25) is 10.0 Å². The quantitative estimate of drug-likeness (QED) is 0.492. The second-order valence-electron chi connectivity index (χ2n) is 9.56. The molecule has 3 aromatic rings. The van der Waals surface area contributed by atoms with Crippen LogP contribution in [0.25, 0.3) is 10.2 Å². The molecule has 2 aliphatic rings. The van der Waals surface area contributed by atoms with Crippen LogP contribution in [0.3, 0.4) is 0 Å². The normalized spacial score (nSPS) is 22.8. The fraction of sp³-hybridized carbons (Fsp3) is 0.462. The van der Waals surface area contributed by atoms with E-state index >= 15 is 0 Å². The van der Waals surface area contributed by atoms with Crippen LogP contribution in [0.2, 0.25) is 0 Å². The summed E-state index contributed by atoms with van der Waals surface area (Å²) in [5.74, 6) is 0.276. The van der Waals surface area contributed by atoms with Gasteiger partial charge in [-0.1, -0.05) is 12.1 Å². The lowest BCUT2D eigenvalue weighted by atomic mass is 9.96. The van der Waals surface area contributed by atoms with Gasteiger partial charge in [-0.3, -0.25) is 4.79 Å². The molecular formula is C26H31N3O3S2. The number of carbonyl (C=O) groups excluding carboxylic acids is 1. The Morgan fingerprint density at radius 2 is 1.59 bits per heavy atom. The molecule has 0 N–H and O–H groups in total. The van der Waals surface area contributed by atoms with Gasteiger partial charge in [0.05, 0.1) is 20.1 Å². The molecule has 180 valence electrons. The van der Waals surface area contributed by atoms with E-state index in [0.717, 1.165) is 42.6 Å². The van der Waals surface area contributed by atoms with Crippen molar-refractivity contribution in [2.75, 3.05) is 13.1 Å². The maximum absolute atomic E-state index is 13.3. The molecule has 0 unspecified atom stereocenters. The van der Waals surface area contributed by atoms with Crippen LogP contribution in [0.5, 0.6) is 0 Å². The van der Waals surface area contributed by atoms with Gasteiger partial charge in [0.25, 0.3) is 5.91 Å². The predicted molar refractivity (Wildman–Crippen MR) is 136 cm³/mol. The number of carbonyl (C=O) groups is 1. The summed E-state index contributed by atoms with van der Waals surface area (Å²) in [6.07, 6.45) is 4.69. The highest BCUT2D eigenvalue weighted by Gasteiger charge is 2.32. The van der Waals surface area contributed by atoms with Gasteiger partial charge in [0.15, 0.2) is 0 Å². The van der Waals surface area contributed by atoms with E-state index in [2.05, 4.69) is 19.9 Å². The van der Waals surface area contributed by atoms with E-state index in [0.29, 0.717) is 18.7 Å². The lowest BCUT2D eigenvalue weighted by Crippen LogP contribution is -2.47. The number of thiazole rings is 1. The average Bonchev–Trinajstić information content (AvgIpc) is 3.28. The lowest BCUT2D eigenvalue weighted by Gasteiger charge is -2.39. The summed E-state index contributed by atoms with van der Waals surface area (Å²) in [4.78, 5) is 20.0. The van der Waals surface area contributed by atoms with Crippen molar-refractivity contribution in [2.24, 2.45) is 0 Å².